The first-order valence-corrected chi connectivity index (χ1v) is 10.5. The van der Waals surface area contributed by atoms with Crippen molar-refractivity contribution in [3.63, 3.8) is 0 Å². The molecule has 0 saturated heterocycles. The van der Waals surface area contributed by atoms with Crippen molar-refractivity contribution >= 4 is 35.8 Å². The second-order valence-electron chi connectivity index (χ2n) is 7.11. The molecule has 8 heteroatoms. The molecule has 0 aliphatic rings. The van der Waals surface area contributed by atoms with Gasteiger partial charge in [-0.2, -0.15) is 0 Å². The lowest BCUT2D eigenvalue weighted by Crippen LogP contribution is -2.39. The minimum absolute atomic E-state index is 0. The van der Waals surface area contributed by atoms with Crippen LogP contribution in [0.3, 0.4) is 0 Å². The topological polar surface area (TPSA) is 79.1 Å². The molecule has 172 valence electrons. The summed E-state index contributed by atoms with van der Waals surface area (Å²) < 4.78 is 10.8. The largest absolute Gasteiger partial charge is 0.469 e. The Hall–Kier alpha value is -2.07. The fourth-order valence-corrected chi connectivity index (χ4v) is 2.88. The van der Waals surface area contributed by atoms with Gasteiger partial charge in [0.2, 0.25) is 0 Å². The van der Waals surface area contributed by atoms with Crippen LogP contribution in [0, 0.1) is 0 Å². The van der Waals surface area contributed by atoms with Gasteiger partial charge in [0.15, 0.2) is 5.96 Å². The van der Waals surface area contributed by atoms with Gasteiger partial charge in [0, 0.05) is 58.9 Å². The fourth-order valence-electron chi connectivity index (χ4n) is 2.88. The van der Waals surface area contributed by atoms with Gasteiger partial charge >= 0.3 is 0 Å². The highest BCUT2D eigenvalue weighted by molar-refractivity contribution is 14.0. The smallest absolute Gasteiger partial charge is 0.253 e. The number of hydrogen-bond acceptors (Lipinski definition) is 4. The maximum absolute atomic E-state index is 12.2. The number of carbonyl (C=O) groups excluding carboxylic acids is 1. The maximum Gasteiger partial charge on any atom is 0.253 e. The molecule has 0 spiro atoms. The SMILES string of the molecule is CCOCCCN=C(NCCc1cccc(C(=O)N(C)C)c1)NCCc1ccco1.I. The van der Waals surface area contributed by atoms with E-state index in [0.717, 1.165) is 56.2 Å². The average molecular weight is 542 g/mol. The summed E-state index contributed by atoms with van der Waals surface area (Å²) in [6.45, 7) is 5.59. The quantitative estimate of drug-likeness (QED) is 0.186. The molecule has 0 unspecified atom stereocenters. The normalized spacial score (nSPS) is 11.0. The molecule has 0 saturated carbocycles. The van der Waals surface area contributed by atoms with Crippen LogP contribution in [0.5, 0.6) is 0 Å². The molecule has 0 bridgehead atoms. The summed E-state index contributed by atoms with van der Waals surface area (Å²) in [5.74, 6) is 1.74. The first-order chi connectivity index (χ1) is 14.6. The van der Waals surface area contributed by atoms with Crippen molar-refractivity contribution in [2.24, 2.45) is 4.99 Å². The Kier molecular flexibility index (Phi) is 13.6. The van der Waals surface area contributed by atoms with E-state index in [1.54, 1.807) is 25.3 Å². The Morgan fingerprint density at radius 1 is 1.13 bits per heavy atom. The third-order valence-electron chi connectivity index (χ3n) is 4.45. The zero-order chi connectivity index (χ0) is 21.6. The van der Waals surface area contributed by atoms with Gasteiger partial charge in [-0.15, -0.1) is 24.0 Å². The molecule has 1 aromatic carbocycles. The number of furan rings is 1. The van der Waals surface area contributed by atoms with Crippen LogP contribution in [0.25, 0.3) is 0 Å². The highest BCUT2D eigenvalue weighted by Gasteiger charge is 2.08. The predicted octanol–water partition coefficient (Wildman–Crippen LogP) is 3.35. The predicted molar refractivity (Wildman–Crippen MR) is 135 cm³/mol. The van der Waals surface area contributed by atoms with Crippen molar-refractivity contribution in [2.75, 3.05) is 46.9 Å². The lowest BCUT2D eigenvalue weighted by atomic mass is 10.1. The number of halogens is 1. The van der Waals surface area contributed by atoms with Crippen LogP contribution < -0.4 is 10.6 Å². The number of aliphatic imine (C=N–C) groups is 1. The van der Waals surface area contributed by atoms with E-state index in [9.17, 15) is 4.79 Å². The number of guanidine groups is 1. The van der Waals surface area contributed by atoms with E-state index in [4.69, 9.17) is 9.15 Å². The summed E-state index contributed by atoms with van der Waals surface area (Å²) in [7, 11) is 3.53. The zero-order valence-corrected chi connectivity index (χ0v) is 21.1. The van der Waals surface area contributed by atoms with Crippen molar-refractivity contribution < 1.29 is 13.9 Å². The number of rotatable bonds is 12. The first kappa shape index (κ1) is 27.0. The lowest BCUT2D eigenvalue weighted by Gasteiger charge is -2.13. The van der Waals surface area contributed by atoms with E-state index < -0.39 is 0 Å². The van der Waals surface area contributed by atoms with Gasteiger partial charge in [-0.1, -0.05) is 12.1 Å². The average Bonchev–Trinajstić information content (AvgIpc) is 3.26. The minimum Gasteiger partial charge on any atom is -0.469 e. The molecular formula is C23H35IN4O3. The molecule has 1 amide bonds. The zero-order valence-electron chi connectivity index (χ0n) is 18.7. The molecule has 0 aliphatic carbocycles. The Bertz CT molecular complexity index is 779. The molecule has 0 radical (unpaired) electrons. The third kappa shape index (κ3) is 10.7. The molecule has 1 heterocycles. The van der Waals surface area contributed by atoms with Gasteiger partial charge in [0.25, 0.3) is 5.91 Å². The van der Waals surface area contributed by atoms with Crippen LogP contribution in [0.15, 0.2) is 52.1 Å². The highest BCUT2D eigenvalue weighted by atomic mass is 127. The van der Waals surface area contributed by atoms with Crippen molar-refractivity contribution in [2.45, 2.75) is 26.2 Å². The summed E-state index contributed by atoms with van der Waals surface area (Å²) >= 11 is 0. The van der Waals surface area contributed by atoms with E-state index >= 15 is 0 Å². The van der Waals surface area contributed by atoms with Crippen LogP contribution in [0.2, 0.25) is 0 Å². The van der Waals surface area contributed by atoms with Gasteiger partial charge in [0.05, 0.1) is 6.26 Å². The summed E-state index contributed by atoms with van der Waals surface area (Å²) in [5, 5.41) is 6.74. The van der Waals surface area contributed by atoms with E-state index in [-0.39, 0.29) is 29.9 Å². The van der Waals surface area contributed by atoms with E-state index in [0.29, 0.717) is 18.7 Å². The van der Waals surface area contributed by atoms with Gasteiger partial charge in [-0.05, 0) is 49.6 Å². The van der Waals surface area contributed by atoms with Crippen LogP contribution in [0.4, 0.5) is 0 Å². The monoisotopic (exact) mass is 542 g/mol. The summed E-state index contributed by atoms with van der Waals surface area (Å²) in [6.07, 6.45) is 4.16. The van der Waals surface area contributed by atoms with Crippen LogP contribution in [-0.2, 0) is 17.6 Å². The summed E-state index contributed by atoms with van der Waals surface area (Å²) in [6, 6.07) is 11.6. The first-order valence-electron chi connectivity index (χ1n) is 10.5. The summed E-state index contributed by atoms with van der Waals surface area (Å²) in [4.78, 5) is 18.4. The second kappa shape index (κ2) is 15.7. The molecule has 0 fully saturated rings. The molecule has 7 nitrogen and oxygen atoms in total. The number of benzene rings is 1. The standard InChI is InChI=1S/C23H34N4O3.HI/c1-4-29-16-7-13-24-23(26-15-12-21-10-6-17-30-21)25-14-11-19-8-5-9-20(18-19)22(28)27(2)3;/h5-6,8-10,17-18H,4,7,11-16H2,1-3H3,(H2,24,25,26);1H. The number of amides is 1. The van der Waals surface area contributed by atoms with Gasteiger partial charge in [0.1, 0.15) is 5.76 Å². The van der Waals surface area contributed by atoms with Crippen molar-refractivity contribution in [3.05, 3.63) is 59.5 Å². The second-order valence-corrected chi connectivity index (χ2v) is 7.11. The maximum atomic E-state index is 12.2. The lowest BCUT2D eigenvalue weighted by molar-refractivity contribution is 0.0827. The Balaban J connectivity index is 0.00000480. The molecule has 0 atom stereocenters. The Morgan fingerprint density at radius 3 is 2.58 bits per heavy atom. The van der Waals surface area contributed by atoms with E-state index in [1.165, 1.54) is 0 Å². The third-order valence-corrected chi connectivity index (χ3v) is 4.45. The summed E-state index contributed by atoms with van der Waals surface area (Å²) in [5.41, 5.74) is 1.82. The van der Waals surface area contributed by atoms with E-state index in [2.05, 4.69) is 15.6 Å². The Labute approximate surface area is 202 Å². The van der Waals surface area contributed by atoms with Crippen molar-refractivity contribution in [3.8, 4) is 0 Å². The fraction of sp³-hybridized carbons (Fsp3) is 0.478. The minimum atomic E-state index is 0. The number of carbonyl (C=O) groups is 1. The molecule has 2 aromatic rings. The van der Waals surface area contributed by atoms with Crippen LogP contribution in [-0.4, -0.2) is 63.7 Å². The number of ether oxygens (including phenoxy) is 1. The van der Waals surface area contributed by atoms with Gasteiger partial charge in [-0.25, -0.2) is 0 Å². The molecule has 2 rings (SSSR count). The number of nitrogens with one attached hydrogen (secondary N) is 2. The Morgan fingerprint density at radius 2 is 1.90 bits per heavy atom. The van der Waals surface area contributed by atoms with Crippen LogP contribution in [0.1, 0.15) is 35.0 Å². The van der Waals surface area contributed by atoms with Gasteiger partial charge in [-0.3, -0.25) is 9.79 Å². The van der Waals surface area contributed by atoms with Crippen LogP contribution >= 0.6 is 24.0 Å². The molecule has 0 aliphatic heterocycles. The molecule has 31 heavy (non-hydrogen) atoms. The number of nitrogens with zero attached hydrogens (tertiary/aromatic N) is 2. The van der Waals surface area contributed by atoms with E-state index in [1.807, 2.05) is 43.3 Å². The van der Waals surface area contributed by atoms with Crippen molar-refractivity contribution in [1.29, 1.82) is 0 Å². The van der Waals surface area contributed by atoms with Gasteiger partial charge < -0.3 is 24.7 Å². The highest BCUT2D eigenvalue weighted by Crippen LogP contribution is 2.07. The molecule has 2 N–H and O–H groups in total. The molecular weight excluding hydrogens is 507 g/mol. The van der Waals surface area contributed by atoms with Crippen molar-refractivity contribution in [1.82, 2.24) is 15.5 Å². The number of hydrogen-bond donors (Lipinski definition) is 2. The molecule has 1 aromatic heterocycles.